The van der Waals surface area contributed by atoms with Gasteiger partial charge in [-0.3, -0.25) is 14.5 Å². The number of thioether (sulfide) groups is 1. The van der Waals surface area contributed by atoms with Crippen LogP contribution in [0.25, 0.3) is 5.76 Å². The minimum atomic E-state index is -0.810. The number of aliphatic hydroxyl groups excluding tert-OH is 1. The summed E-state index contributed by atoms with van der Waals surface area (Å²) in [5, 5.41) is 19.9. The molecule has 5 rings (SSSR count). The van der Waals surface area contributed by atoms with Crippen molar-refractivity contribution >= 4 is 45.7 Å². The van der Waals surface area contributed by atoms with Crippen LogP contribution >= 0.6 is 23.1 Å². The molecule has 0 radical (unpaired) electrons. The molecule has 2 heterocycles. The minimum Gasteiger partial charge on any atom is -0.507 e. The van der Waals surface area contributed by atoms with Gasteiger partial charge in [-0.1, -0.05) is 114 Å². The third-order valence-corrected chi connectivity index (χ3v) is 7.82. The Morgan fingerprint density at radius 1 is 0.943 bits per heavy atom. The van der Waals surface area contributed by atoms with Gasteiger partial charge in [0.2, 0.25) is 5.13 Å². The Hall–Kier alpha value is -3.75. The van der Waals surface area contributed by atoms with Crippen molar-refractivity contribution in [2.75, 3.05) is 4.90 Å². The molecule has 0 spiro atoms. The lowest BCUT2D eigenvalue weighted by Gasteiger charge is -2.22. The summed E-state index contributed by atoms with van der Waals surface area (Å²) in [6.45, 7) is 1.96. The molecule has 8 heteroatoms. The van der Waals surface area contributed by atoms with E-state index in [1.54, 1.807) is 24.3 Å². The Morgan fingerprint density at radius 2 is 1.60 bits per heavy atom. The van der Waals surface area contributed by atoms with E-state index in [-0.39, 0.29) is 11.3 Å². The van der Waals surface area contributed by atoms with Crippen LogP contribution in [0.1, 0.15) is 28.3 Å². The zero-order valence-electron chi connectivity index (χ0n) is 18.8. The number of anilines is 1. The number of benzene rings is 3. The predicted octanol–water partition coefficient (Wildman–Crippen LogP) is 5.77. The number of ketones is 1. The molecule has 4 aromatic rings. The second-order valence-corrected chi connectivity index (χ2v) is 10.2. The van der Waals surface area contributed by atoms with E-state index in [1.807, 2.05) is 67.6 Å². The van der Waals surface area contributed by atoms with E-state index in [4.69, 9.17) is 0 Å². The van der Waals surface area contributed by atoms with Crippen LogP contribution < -0.4 is 4.90 Å². The molecule has 35 heavy (non-hydrogen) atoms. The third kappa shape index (κ3) is 4.62. The number of Topliss-reactive ketones (excluding diaryl/α,β-unsaturated/α-hetero) is 1. The van der Waals surface area contributed by atoms with Crippen LogP contribution in [0.3, 0.4) is 0 Å². The van der Waals surface area contributed by atoms with Crippen LogP contribution in [0.15, 0.2) is 94.8 Å². The van der Waals surface area contributed by atoms with Crippen molar-refractivity contribution in [3.8, 4) is 0 Å². The average molecular weight is 500 g/mol. The summed E-state index contributed by atoms with van der Waals surface area (Å²) in [6.07, 6.45) is 0. The van der Waals surface area contributed by atoms with Gasteiger partial charge in [-0.2, -0.15) is 0 Å². The zero-order chi connectivity index (χ0) is 24.4. The summed E-state index contributed by atoms with van der Waals surface area (Å²) in [7, 11) is 0. The van der Waals surface area contributed by atoms with Crippen molar-refractivity contribution in [1.82, 2.24) is 10.2 Å². The van der Waals surface area contributed by atoms with Crippen molar-refractivity contribution in [2.45, 2.75) is 23.1 Å². The topological polar surface area (TPSA) is 83.4 Å². The van der Waals surface area contributed by atoms with E-state index >= 15 is 0 Å². The fourth-order valence-corrected chi connectivity index (χ4v) is 5.75. The average Bonchev–Trinajstić information content (AvgIpc) is 3.46. The molecule has 1 amide bonds. The van der Waals surface area contributed by atoms with Gasteiger partial charge >= 0.3 is 5.91 Å². The molecule has 1 saturated heterocycles. The van der Waals surface area contributed by atoms with E-state index in [0.29, 0.717) is 26.4 Å². The number of aryl methyl sites for hydroxylation is 1. The summed E-state index contributed by atoms with van der Waals surface area (Å²) in [6, 6.07) is 25.5. The number of aliphatic hydroxyl groups is 1. The van der Waals surface area contributed by atoms with E-state index < -0.39 is 17.7 Å². The smallest absolute Gasteiger partial charge is 0.301 e. The minimum absolute atomic E-state index is 0.0405. The second-order valence-electron chi connectivity index (χ2n) is 8.07. The number of nitrogens with zero attached hydrogens (tertiary/aromatic N) is 3. The van der Waals surface area contributed by atoms with Crippen LogP contribution in [0.2, 0.25) is 0 Å². The third-order valence-electron chi connectivity index (χ3n) is 5.69. The van der Waals surface area contributed by atoms with Gasteiger partial charge in [-0.05, 0) is 18.1 Å². The first-order chi connectivity index (χ1) is 17.0. The Morgan fingerprint density at radius 3 is 2.29 bits per heavy atom. The highest BCUT2D eigenvalue weighted by atomic mass is 32.2. The van der Waals surface area contributed by atoms with Crippen molar-refractivity contribution < 1.29 is 14.7 Å². The van der Waals surface area contributed by atoms with Crippen LogP contribution in [0.4, 0.5) is 5.13 Å². The van der Waals surface area contributed by atoms with Gasteiger partial charge in [-0.25, -0.2) is 0 Å². The number of aromatic nitrogens is 2. The maximum Gasteiger partial charge on any atom is 0.301 e. The molecule has 1 aliphatic rings. The molecule has 0 saturated carbocycles. The van der Waals surface area contributed by atoms with Gasteiger partial charge < -0.3 is 5.11 Å². The predicted molar refractivity (Wildman–Crippen MR) is 138 cm³/mol. The molecule has 1 unspecified atom stereocenters. The summed E-state index contributed by atoms with van der Waals surface area (Å²) in [4.78, 5) is 27.8. The van der Waals surface area contributed by atoms with Gasteiger partial charge in [0.15, 0.2) is 4.34 Å². The fraction of sp³-hybridized carbons (Fsp3) is 0.111. The normalized spacial score (nSPS) is 17.2. The zero-order valence-corrected chi connectivity index (χ0v) is 20.4. The number of rotatable bonds is 6. The number of hydrogen-bond donors (Lipinski definition) is 1. The van der Waals surface area contributed by atoms with E-state index in [1.165, 1.54) is 28.0 Å². The molecule has 1 fully saturated rings. The monoisotopic (exact) mass is 499 g/mol. The quantitative estimate of drug-likeness (QED) is 0.119. The van der Waals surface area contributed by atoms with Gasteiger partial charge in [0.1, 0.15) is 5.76 Å². The largest absolute Gasteiger partial charge is 0.507 e. The Labute approximate surface area is 211 Å². The molecule has 3 aromatic carbocycles. The summed E-state index contributed by atoms with van der Waals surface area (Å²) in [5.41, 5.74) is 3.42. The number of amides is 1. The van der Waals surface area contributed by atoms with Gasteiger partial charge in [0, 0.05) is 11.3 Å². The second kappa shape index (κ2) is 9.85. The molecule has 0 bridgehead atoms. The van der Waals surface area contributed by atoms with Gasteiger partial charge in [0.05, 0.1) is 11.6 Å². The molecule has 1 atom stereocenters. The Bertz CT molecular complexity index is 1400. The summed E-state index contributed by atoms with van der Waals surface area (Å²) in [5.74, 6) is -0.974. The highest BCUT2D eigenvalue weighted by Gasteiger charge is 2.48. The molecule has 0 aliphatic carbocycles. The fourth-order valence-electron chi connectivity index (χ4n) is 3.92. The van der Waals surface area contributed by atoms with Crippen LogP contribution in [0.5, 0.6) is 0 Å². The summed E-state index contributed by atoms with van der Waals surface area (Å²) >= 11 is 2.77. The lowest BCUT2D eigenvalue weighted by atomic mass is 9.95. The van der Waals surface area contributed by atoms with E-state index in [0.717, 1.165) is 11.1 Å². The van der Waals surface area contributed by atoms with Crippen molar-refractivity contribution in [1.29, 1.82) is 0 Å². The number of carbonyl (C=O) groups is 2. The maximum absolute atomic E-state index is 13.3. The first-order valence-corrected chi connectivity index (χ1v) is 12.8. The van der Waals surface area contributed by atoms with Crippen LogP contribution in [-0.4, -0.2) is 27.0 Å². The maximum atomic E-state index is 13.3. The van der Waals surface area contributed by atoms with Crippen molar-refractivity contribution in [3.63, 3.8) is 0 Å². The van der Waals surface area contributed by atoms with Gasteiger partial charge in [0.25, 0.3) is 5.78 Å². The number of carbonyl (C=O) groups excluding carboxylic acids is 2. The standard InChI is InChI=1S/C27H21N3O3S2/c1-17-12-14-19(15-13-17)22-21(23(31)20-10-6-3-7-11-20)24(32)25(33)30(22)26-28-29-27(35-26)34-16-18-8-4-2-5-9-18/h2-15,22,31H,16H2,1H3/b23-21-. The van der Waals surface area contributed by atoms with Crippen molar-refractivity contribution in [3.05, 3.63) is 113 Å². The van der Waals surface area contributed by atoms with E-state index in [9.17, 15) is 14.7 Å². The first kappa shape index (κ1) is 23.0. The molecule has 1 aliphatic heterocycles. The Kier molecular flexibility index (Phi) is 6.48. The molecule has 1 aromatic heterocycles. The molecule has 174 valence electrons. The summed E-state index contributed by atoms with van der Waals surface area (Å²) < 4.78 is 0.691. The number of hydrogen-bond acceptors (Lipinski definition) is 7. The first-order valence-electron chi connectivity index (χ1n) is 11.0. The molecule has 1 N–H and O–H groups in total. The lowest BCUT2D eigenvalue weighted by molar-refractivity contribution is -0.132. The highest BCUT2D eigenvalue weighted by Crippen LogP contribution is 2.44. The Balaban J connectivity index is 1.54. The molecular weight excluding hydrogens is 478 g/mol. The van der Waals surface area contributed by atoms with Gasteiger partial charge in [-0.15, -0.1) is 10.2 Å². The van der Waals surface area contributed by atoms with Crippen molar-refractivity contribution in [2.24, 2.45) is 0 Å². The molecular formula is C27H21N3O3S2. The molecule has 6 nitrogen and oxygen atoms in total. The lowest BCUT2D eigenvalue weighted by Crippen LogP contribution is -2.29. The highest BCUT2D eigenvalue weighted by molar-refractivity contribution is 8.00. The van der Waals surface area contributed by atoms with Crippen LogP contribution in [-0.2, 0) is 15.3 Å². The van der Waals surface area contributed by atoms with E-state index in [2.05, 4.69) is 10.2 Å². The van der Waals surface area contributed by atoms with Crippen LogP contribution in [0, 0.1) is 6.92 Å². The SMILES string of the molecule is Cc1ccc(C2/C(=C(/O)c3ccccc3)C(=O)C(=O)N2c2nnc(SCc3ccccc3)s2)cc1.